The number of hydrogen-bond acceptors (Lipinski definition) is 5. The first kappa shape index (κ1) is 16.6. The number of rotatable bonds is 3. The maximum atomic E-state index is 12.4. The van der Waals surface area contributed by atoms with E-state index in [1.54, 1.807) is 0 Å². The maximum Gasteiger partial charge on any atom is 0.331 e. The molecule has 1 aliphatic heterocycles. The highest BCUT2D eigenvalue weighted by atomic mass is 16.3. The fourth-order valence-electron chi connectivity index (χ4n) is 3.95. The van der Waals surface area contributed by atoms with E-state index in [0.29, 0.717) is 12.1 Å². The highest BCUT2D eigenvalue weighted by molar-refractivity contribution is 6.03. The highest BCUT2D eigenvalue weighted by Gasteiger charge is 2.29. The lowest BCUT2D eigenvalue weighted by atomic mass is 9.95. The molecule has 136 valence electrons. The normalized spacial score (nSPS) is 20.6. The van der Waals surface area contributed by atoms with Gasteiger partial charge in [-0.15, -0.1) is 0 Å². The summed E-state index contributed by atoms with van der Waals surface area (Å²) in [6.07, 6.45) is 5.31. The number of hydrogen-bond donors (Lipinski definition) is 3. The van der Waals surface area contributed by atoms with E-state index in [9.17, 15) is 14.7 Å². The summed E-state index contributed by atoms with van der Waals surface area (Å²) in [4.78, 5) is 27.1. The molecule has 1 aromatic heterocycles. The van der Waals surface area contributed by atoms with E-state index in [1.807, 2.05) is 30.3 Å². The first-order valence-electron chi connectivity index (χ1n) is 9.10. The van der Waals surface area contributed by atoms with Gasteiger partial charge < -0.3 is 10.5 Å². The Bertz CT molecular complexity index is 939. The second-order valence-corrected chi connectivity index (χ2v) is 6.97. The zero-order valence-corrected chi connectivity index (χ0v) is 14.4. The molecule has 1 aromatic carbocycles. The van der Waals surface area contributed by atoms with Crippen LogP contribution in [0, 0.1) is 0 Å². The van der Waals surface area contributed by atoms with Gasteiger partial charge in [-0.25, -0.2) is 4.79 Å². The summed E-state index contributed by atoms with van der Waals surface area (Å²) in [5, 5.41) is 15.0. The lowest BCUT2D eigenvalue weighted by Crippen LogP contribution is -2.36. The second-order valence-electron chi connectivity index (χ2n) is 6.97. The molecule has 0 bridgehead atoms. The van der Waals surface area contributed by atoms with Gasteiger partial charge in [0.25, 0.3) is 5.56 Å². The molecule has 2 aromatic rings. The van der Waals surface area contributed by atoms with Crippen LogP contribution >= 0.6 is 0 Å². The second kappa shape index (κ2) is 6.82. The Morgan fingerprint density at radius 3 is 2.54 bits per heavy atom. The number of aromatic hydroxyl groups is 1. The Kier molecular flexibility index (Phi) is 4.36. The van der Waals surface area contributed by atoms with Crippen molar-refractivity contribution in [3.05, 3.63) is 62.3 Å². The Balaban J connectivity index is 1.69. The molecular weight excluding hydrogens is 332 g/mol. The lowest BCUT2D eigenvalue weighted by molar-refractivity contribution is 0.298. The third kappa shape index (κ3) is 2.94. The van der Waals surface area contributed by atoms with Crippen LogP contribution in [0.2, 0.25) is 0 Å². The summed E-state index contributed by atoms with van der Waals surface area (Å²) in [6.45, 7) is 0. The van der Waals surface area contributed by atoms with Gasteiger partial charge in [-0.2, -0.15) is 5.10 Å². The van der Waals surface area contributed by atoms with E-state index in [-0.39, 0.29) is 23.5 Å². The van der Waals surface area contributed by atoms with Crippen molar-refractivity contribution in [2.75, 3.05) is 0 Å². The topological polar surface area (TPSA) is 99.5 Å². The van der Waals surface area contributed by atoms with Gasteiger partial charge in [-0.3, -0.25) is 14.3 Å². The SMILES string of the molecule is O=c1[nH]c(=O)n(C2CCCCC2)c(O)c1C1=NN[C@@H](c2ccccc2)C1. The van der Waals surface area contributed by atoms with Gasteiger partial charge in [0.1, 0.15) is 5.56 Å². The molecule has 0 unspecified atom stereocenters. The van der Waals surface area contributed by atoms with E-state index in [0.717, 1.165) is 37.7 Å². The van der Waals surface area contributed by atoms with Crippen molar-refractivity contribution in [2.24, 2.45) is 5.10 Å². The summed E-state index contributed by atoms with van der Waals surface area (Å²) in [7, 11) is 0. The highest BCUT2D eigenvalue weighted by Crippen LogP contribution is 2.31. The van der Waals surface area contributed by atoms with E-state index in [4.69, 9.17) is 0 Å². The lowest BCUT2D eigenvalue weighted by Gasteiger charge is -2.25. The molecule has 1 atom stereocenters. The number of nitrogens with zero attached hydrogens (tertiary/aromatic N) is 2. The monoisotopic (exact) mass is 354 g/mol. The molecule has 2 aliphatic rings. The van der Waals surface area contributed by atoms with Crippen LogP contribution in [-0.2, 0) is 0 Å². The molecular formula is C19H22N4O3. The summed E-state index contributed by atoms with van der Waals surface area (Å²) in [5.74, 6) is -0.264. The largest absolute Gasteiger partial charge is 0.494 e. The maximum absolute atomic E-state index is 12.4. The van der Waals surface area contributed by atoms with Crippen LogP contribution in [0.3, 0.4) is 0 Å². The number of hydrazone groups is 1. The Hall–Kier alpha value is -2.83. The van der Waals surface area contributed by atoms with Gasteiger partial charge >= 0.3 is 5.69 Å². The summed E-state index contributed by atoms with van der Waals surface area (Å²) in [6, 6.07) is 9.68. The van der Waals surface area contributed by atoms with Crippen molar-refractivity contribution < 1.29 is 5.11 Å². The van der Waals surface area contributed by atoms with Crippen molar-refractivity contribution in [2.45, 2.75) is 50.6 Å². The Labute approximate surface area is 150 Å². The van der Waals surface area contributed by atoms with Crippen molar-refractivity contribution in [1.29, 1.82) is 0 Å². The van der Waals surface area contributed by atoms with Gasteiger partial charge in [0, 0.05) is 12.5 Å². The minimum absolute atomic E-state index is 0.0555. The Morgan fingerprint density at radius 2 is 1.81 bits per heavy atom. The van der Waals surface area contributed by atoms with Crippen molar-refractivity contribution >= 4 is 5.71 Å². The standard InChI is InChI=1S/C19H22N4O3/c24-17-16(15-11-14(21-22-15)12-7-3-1-4-8-12)18(25)23(19(26)20-17)13-9-5-2-6-10-13/h1,3-4,7-8,13-14,21,25H,2,5-6,9-11H2,(H,20,24,26)/t14-/m1/s1. The van der Waals surface area contributed by atoms with Gasteiger partial charge in [0.15, 0.2) is 0 Å². The predicted molar refractivity (Wildman–Crippen MR) is 98.6 cm³/mol. The van der Waals surface area contributed by atoms with Gasteiger partial charge in [-0.05, 0) is 18.4 Å². The molecule has 7 nitrogen and oxygen atoms in total. The van der Waals surface area contributed by atoms with Crippen molar-refractivity contribution in [3.63, 3.8) is 0 Å². The van der Waals surface area contributed by atoms with E-state index < -0.39 is 11.2 Å². The third-order valence-electron chi connectivity index (χ3n) is 5.30. The zero-order chi connectivity index (χ0) is 18.1. The summed E-state index contributed by atoms with van der Waals surface area (Å²) < 4.78 is 1.34. The molecule has 0 saturated heterocycles. The average Bonchev–Trinajstić information content (AvgIpc) is 3.12. The van der Waals surface area contributed by atoms with Crippen LogP contribution in [0.1, 0.15) is 61.7 Å². The van der Waals surface area contributed by atoms with Crippen LogP contribution in [0.4, 0.5) is 0 Å². The predicted octanol–water partition coefficient (Wildman–Crippen LogP) is 2.19. The Morgan fingerprint density at radius 1 is 1.08 bits per heavy atom. The van der Waals surface area contributed by atoms with E-state index in [2.05, 4.69) is 15.5 Å². The quantitative estimate of drug-likeness (QED) is 0.787. The molecule has 0 radical (unpaired) electrons. The first-order chi connectivity index (χ1) is 12.6. The van der Waals surface area contributed by atoms with Gasteiger partial charge in [-0.1, -0.05) is 49.6 Å². The molecule has 0 spiro atoms. The van der Waals surface area contributed by atoms with Crippen LogP contribution in [0.5, 0.6) is 5.88 Å². The number of aromatic nitrogens is 2. The molecule has 1 fully saturated rings. The number of benzene rings is 1. The average molecular weight is 354 g/mol. The fraction of sp³-hybridized carbons (Fsp3) is 0.421. The van der Waals surface area contributed by atoms with E-state index in [1.165, 1.54) is 4.57 Å². The van der Waals surface area contributed by atoms with Crippen LogP contribution in [-0.4, -0.2) is 20.4 Å². The van der Waals surface area contributed by atoms with Crippen LogP contribution in [0.25, 0.3) is 0 Å². The minimum Gasteiger partial charge on any atom is -0.494 e. The van der Waals surface area contributed by atoms with Crippen molar-refractivity contribution in [3.8, 4) is 5.88 Å². The molecule has 26 heavy (non-hydrogen) atoms. The molecule has 1 saturated carbocycles. The third-order valence-corrected chi connectivity index (χ3v) is 5.30. The first-order valence-corrected chi connectivity index (χ1v) is 9.10. The molecule has 7 heteroatoms. The molecule has 3 N–H and O–H groups in total. The smallest absolute Gasteiger partial charge is 0.331 e. The van der Waals surface area contributed by atoms with Crippen molar-refractivity contribution in [1.82, 2.24) is 15.0 Å². The summed E-state index contributed by atoms with van der Waals surface area (Å²) in [5.41, 5.74) is 3.52. The number of nitrogens with one attached hydrogen (secondary N) is 2. The molecule has 2 heterocycles. The molecule has 4 rings (SSSR count). The zero-order valence-electron chi connectivity index (χ0n) is 14.4. The van der Waals surface area contributed by atoms with Gasteiger partial charge in [0.05, 0.1) is 11.8 Å². The van der Waals surface area contributed by atoms with E-state index >= 15 is 0 Å². The fourth-order valence-corrected chi connectivity index (χ4v) is 3.95. The molecule has 0 amide bonds. The number of H-pyrrole nitrogens is 1. The molecule has 1 aliphatic carbocycles. The van der Waals surface area contributed by atoms with Gasteiger partial charge in [0.2, 0.25) is 5.88 Å². The summed E-state index contributed by atoms with van der Waals surface area (Å²) >= 11 is 0. The van der Waals surface area contributed by atoms with Crippen LogP contribution < -0.4 is 16.7 Å². The van der Waals surface area contributed by atoms with Crippen LogP contribution in [0.15, 0.2) is 45.0 Å². The number of aromatic amines is 1. The minimum atomic E-state index is -0.589.